The molecule has 1 aromatic rings. The molecule has 0 aromatic heterocycles. The van der Waals surface area contributed by atoms with Crippen molar-refractivity contribution in [3.8, 4) is 0 Å². The quantitative estimate of drug-likeness (QED) is 0.928. The predicted octanol–water partition coefficient (Wildman–Crippen LogP) is 2.53. The van der Waals surface area contributed by atoms with E-state index in [1.165, 1.54) is 12.1 Å². The van der Waals surface area contributed by atoms with Crippen LogP contribution in [0, 0.1) is 0 Å². The SMILES string of the molecule is CC(C)(CNS(C)(=O)=O)c1ccc(C(F)(F)F)cc1. The van der Waals surface area contributed by atoms with Crippen molar-refractivity contribution >= 4 is 10.0 Å². The second-order valence-electron chi connectivity index (χ2n) is 5.05. The standard InChI is InChI=1S/C12H16F3NO2S/c1-11(2,8-16-19(3,17)18)9-4-6-10(7-5-9)12(13,14)15/h4-7,16H,8H2,1-3H3. The van der Waals surface area contributed by atoms with E-state index in [-0.39, 0.29) is 6.54 Å². The zero-order valence-corrected chi connectivity index (χ0v) is 11.7. The van der Waals surface area contributed by atoms with Crippen LogP contribution in [0.1, 0.15) is 25.0 Å². The monoisotopic (exact) mass is 295 g/mol. The fourth-order valence-electron chi connectivity index (χ4n) is 1.52. The van der Waals surface area contributed by atoms with E-state index < -0.39 is 27.2 Å². The number of benzene rings is 1. The number of sulfonamides is 1. The molecule has 1 aromatic carbocycles. The molecule has 0 aliphatic carbocycles. The summed E-state index contributed by atoms with van der Waals surface area (Å²) >= 11 is 0. The smallest absolute Gasteiger partial charge is 0.215 e. The van der Waals surface area contributed by atoms with Gasteiger partial charge in [-0.25, -0.2) is 13.1 Å². The molecule has 1 N–H and O–H groups in total. The fraction of sp³-hybridized carbons (Fsp3) is 0.500. The van der Waals surface area contributed by atoms with E-state index in [1.807, 2.05) is 0 Å². The lowest BCUT2D eigenvalue weighted by atomic mass is 9.84. The summed E-state index contributed by atoms with van der Waals surface area (Å²) < 4.78 is 61.7. The van der Waals surface area contributed by atoms with Crippen molar-refractivity contribution < 1.29 is 21.6 Å². The number of alkyl halides is 3. The molecule has 0 aliphatic heterocycles. The number of halogens is 3. The van der Waals surface area contributed by atoms with E-state index in [0.717, 1.165) is 18.4 Å². The molecule has 0 saturated carbocycles. The third-order valence-corrected chi connectivity index (χ3v) is 3.44. The van der Waals surface area contributed by atoms with Crippen LogP contribution in [0.3, 0.4) is 0 Å². The molecule has 0 unspecified atom stereocenters. The summed E-state index contributed by atoms with van der Waals surface area (Å²) in [5.41, 5.74) is -0.674. The molecule has 7 heteroatoms. The van der Waals surface area contributed by atoms with E-state index in [4.69, 9.17) is 0 Å². The van der Waals surface area contributed by atoms with Gasteiger partial charge in [0, 0.05) is 12.0 Å². The Morgan fingerprint density at radius 3 is 1.84 bits per heavy atom. The van der Waals surface area contributed by atoms with E-state index in [9.17, 15) is 21.6 Å². The van der Waals surface area contributed by atoms with Crippen molar-refractivity contribution in [2.75, 3.05) is 12.8 Å². The summed E-state index contributed by atoms with van der Waals surface area (Å²) in [6, 6.07) is 4.73. The maximum Gasteiger partial charge on any atom is 0.416 e. The minimum atomic E-state index is -4.37. The van der Waals surface area contributed by atoms with Crippen LogP contribution in [0.4, 0.5) is 13.2 Å². The van der Waals surface area contributed by atoms with Gasteiger partial charge in [-0.2, -0.15) is 13.2 Å². The molecule has 19 heavy (non-hydrogen) atoms. The van der Waals surface area contributed by atoms with Crippen LogP contribution in [0.15, 0.2) is 24.3 Å². The molecule has 0 saturated heterocycles. The third-order valence-electron chi connectivity index (χ3n) is 2.77. The van der Waals surface area contributed by atoms with Gasteiger partial charge in [0.1, 0.15) is 0 Å². The largest absolute Gasteiger partial charge is 0.416 e. The molecule has 0 atom stereocenters. The molecule has 0 fully saturated rings. The topological polar surface area (TPSA) is 46.2 Å². The third kappa shape index (κ3) is 4.83. The molecule has 0 radical (unpaired) electrons. The molecule has 0 amide bonds. The van der Waals surface area contributed by atoms with Crippen LogP contribution in [0.5, 0.6) is 0 Å². The first-order valence-electron chi connectivity index (χ1n) is 5.54. The molecule has 0 heterocycles. The van der Waals surface area contributed by atoms with Gasteiger partial charge < -0.3 is 0 Å². The highest BCUT2D eigenvalue weighted by atomic mass is 32.2. The summed E-state index contributed by atoms with van der Waals surface area (Å²) in [6.45, 7) is 3.64. The van der Waals surface area contributed by atoms with Crippen molar-refractivity contribution in [1.29, 1.82) is 0 Å². The normalized spacial score (nSPS) is 13.6. The number of hydrogen-bond acceptors (Lipinski definition) is 2. The van der Waals surface area contributed by atoms with Gasteiger partial charge in [-0.15, -0.1) is 0 Å². The Morgan fingerprint density at radius 2 is 1.47 bits per heavy atom. The Balaban J connectivity index is 2.90. The summed E-state index contributed by atoms with van der Waals surface area (Å²) in [4.78, 5) is 0. The van der Waals surface area contributed by atoms with Gasteiger partial charge in [0.2, 0.25) is 10.0 Å². The molecular formula is C12H16F3NO2S. The summed E-state index contributed by atoms with van der Waals surface area (Å²) in [7, 11) is -3.33. The molecular weight excluding hydrogens is 279 g/mol. The van der Waals surface area contributed by atoms with Gasteiger partial charge in [0.05, 0.1) is 11.8 Å². The van der Waals surface area contributed by atoms with Crippen LogP contribution in [-0.2, 0) is 21.6 Å². The summed E-state index contributed by atoms with van der Waals surface area (Å²) in [5, 5.41) is 0. The molecule has 108 valence electrons. The summed E-state index contributed by atoms with van der Waals surface area (Å²) in [5.74, 6) is 0. The Hall–Kier alpha value is -1.08. The van der Waals surface area contributed by atoms with Crippen molar-refractivity contribution in [2.45, 2.75) is 25.4 Å². The predicted molar refractivity (Wildman–Crippen MR) is 67.3 cm³/mol. The van der Waals surface area contributed by atoms with E-state index >= 15 is 0 Å². The van der Waals surface area contributed by atoms with Crippen LogP contribution in [-0.4, -0.2) is 21.2 Å². The van der Waals surface area contributed by atoms with Crippen LogP contribution >= 0.6 is 0 Å². The van der Waals surface area contributed by atoms with Crippen molar-refractivity contribution in [3.05, 3.63) is 35.4 Å². The molecule has 3 nitrogen and oxygen atoms in total. The van der Waals surface area contributed by atoms with E-state index in [0.29, 0.717) is 5.56 Å². The Morgan fingerprint density at radius 1 is 1.05 bits per heavy atom. The minimum absolute atomic E-state index is 0.122. The Kier molecular flexibility index (Phi) is 4.31. The average molecular weight is 295 g/mol. The lowest BCUT2D eigenvalue weighted by Crippen LogP contribution is -2.36. The Bertz CT molecular complexity index is 533. The van der Waals surface area contributed by atoms with Gasteiger partial charge >= 0.3 is 6.18 Å². The average Bonchev–Trinajstić information content (AvgIpc) is 2.25. The Labute approximate surface area is 110 Å². The maximum absolute atomic E-state index is 12.4. The van der Waals surface area contributed by atoms with Gasteiger partial charge in [0.15, 0.2) is 0 Å². The van der Waals surface area contributed by atoms with E-state index in [2.05, 4.69) is 4.72 Å². The van der Waals surface area contributed by atoms with Gasteiger partial charge in [-0.05, 0) is 17.7 Å². The highest BCUT2D eigenvalue weighted by Gasteiger charge is 2.31. The molecule has 0 bridgehead atoms. The highest BCUT2D eigenvalue weighted by molar-refractivity contribution is 7.88. The lowest BCUT2D eigenvalue weighted by molar-refractivity contribution is -0.137. The van der Waals surface area contributed by atoms with Crippen molar-refractivity contribution in [3.63, 3.8) is 0 Å². The second-order valence-corrected chi connectivity index (χ2v) is 6.89. The van der Waals surface area contributed by atoms with Crippen molar-refractivity contribution in [1.82, 2.24) is 4.72 Å². The van der Waals surface area contributed by atoms with Crippen LogP contribution in [0.2, 0.25) is 0 Å². The molecule has 0 aliphatic rings. The van der Waals surface area contributed by atoms with Crippen LogP contribution in [0.25, 0.3) is 0 Å². The maximum atomic E-state index is 12.4. The summed E-state index contributed by atoms with van der Waals surface area (Å²) in [6.07, 6.45) is -3.33. The fourth-order valence-corrected chi connectivity index (χ4v) is 2.15. The van der Waals surface area contributed by atoms with Crippen molar-refractivity contribution in [2.24, 2.45) is 0 Å². The minimum Gasteiger partial charge on any atom is -0.215 e. The van der Waals surface area contributed by atoms with E-state index in [1.54, 1.807) is 13.8 Å². The second kappa shape index (κ2) is 5.13. The number of hydrogen-bond donors (Lipinski definition) is 1. The first-order chi connectivity index (χ1) is 8.42. The zero-order chi connectivity index (χ0) is 14.9. The van der Waals surface area contributed by atoms with Gasteiger partial charge in [0.25, 0.3) is 0 Å². The zero-order valence-electron chi connectivity index (χ0n) is 10.9. The molecule has 1 rings (SSSR count). The van der Waals surface area contributed by atoms with Gasteiger partial charge in [-0.3, -0.25) is 0 Å². The number of nitrogens with one attached hydrogen (secondary N) is 1. The lowest BCUT2D eigenvalue weighted by Gasteiger charge is -2.25. The first-order valence-corrected chi connectivity index (χ1v) is 7.43. The highest BCUT2D eigenvalue weighted by Crippen LogP contribution is 2.31. The first kappa shape index (κ1) is 16.0. The number of rotatable bonds is 4. The van der Waals surface area contributed by atoms with Gasteiger partial charge in [-0.1, -0.05) is 26.0 Å². The van der Waals surface area contributed by atoms with Crippen LogP contribution < -0.4 is 4.72 Å². The molecule has 0 spiro atoms.